The van der Waals surface area contributed by atoms with Gasteiger partial charge in [-0.15, -0.1) is 11.8 Å². The molecule has 0 amide bonds. The highest BCUT2D eigenvalue weighted by atomic mass is 32.2. The van der Waals surface area contributed by atoms with Crippen LogP contribution in [0.25, 0.3) is 0 Å². The van der Waals surface area contributed by atoms with E-state index in [9.17, 15) is 9.18 Å². The molecule has 0 saturated carbocycles. The van der Waals surface area contributed by atoms with Gasteiger partial charge in [0.25, 0.3) is 0 Å². The normalized spacial score (nSPS) is 10.3. The van der Waals surface area contributed by atoms with Gasteiger partial charge in [-0.2, -0.15) is 0 Å². The van der Waals surface area contributed by atoms with Crippen LogP contribution >= 0.6 is 11.8 Å². The van der Waals surface area contributed by atoms with Gasteiger partial charge in [0.1, 0.15) is 5.82 Å². The largest absolute Gasteiger partial charge is 0.462 e. The molecule has 0 spiro atoms. The first-order valence-corrected chi connectivity index (χ1v) is 7.32. The number of carbonyl (C=O) groups excluding carboxylic acids is 1. The van der Waals surface area contributed by atoms with Crippen LogP contribution < -0.4 is 0 Å². The van der Waals surface area contributed by atoms with E-state index in [2.05, 4.69) is 0 Å². The Balaban J connectivity index is 1.93. The van der Waals surface area contributed by atoms with Crippen LogP contribution in [0, 0.1) is 5.82 Å². The number of carbonyl (C=O) groups is 1. The second kappa shape index (κ2) is 7.10. The first kappa shape index (κ1) is 14.6. The summed E-state index contributed by atoms with van der Waals surface area (Å²) in [5.74, 6) is 0.243. The van der Waals surface area contributed by atoms with Crippen molar-refractivity contribution in [2.45, 2.75) is 17.6 Å². The number of hydrogen-bond acceptors (Lipinski definition) is 3. The summed E-state index contributed by atoms with van der Waals surface area (Å²) in [5, 5.41) is 0. The van der Waals surface area contributed by atoms with E-state index in [-0.39, 0.29) is 11.8 Å². The zero-order valence-corrected chi connectivity index (χ0v) is 12.0. The molecular formula is C16H15FO2S. The summed E-state index contributed by atoms with van der Waals surface area (Å²) in [6.07, 6.45) is 0. The van der Waals surface area contributed by atoms with E-state index in [0.29, 0.717) is 12.2 Å². The summed E-state index contributed by atoms with van der Waals surface area (Å²) in [5.41, 5.74) is 1.66. The first-order valence-electron chi connectivity index (χ1n) is 6.33. The standard InChI is InChI=1S/C16H15FO2S/c1-2-19-16(18)13-5-3-12(4-6-13)11-20-15-9-7-14(17)8-10-15/h3-10H,2,11H2,1H3. The predicted molar refractivity (Wildman–Crippen MR) is 78.4 cm³/mol. The number of halogens is 1. The third-order valence-electron chi connectivity index (χ3n) is 2.68. The Kier molecular flexibility index (Phi) is 5.18. The van der Waals surface area contributed by atoms with E-state index in [1.807, 2.05) is 12.1 Å². The Labute approximate surface area is 122 Å². The quantitative estimate of drug-likeness (QED) is 0.607. The zero-order chi connectivity index (χ0) is 14.4. The molecule has 0 fully saturated rings. The van der Waals surface area contributed by atoms with Gasteiger partial charge in [-0.3, -0.25) is 0 Å². The van der Waals surface area contributed by atoms with Crippen LogP contribution in [0.1, 0.15) is 22.8 Å². The fraction of sp³-hybridized carbons (Fsp3) is 0.188. The minimum atomic E-state index is -0.301. The molecule has 0 aliphatic carbocycles. The molecule has 0 radical (unpaired) electrons. The lowest BCUT2D eigenvalue weighted by Gasteiger charge is -2.04. The third-order valence-corrected chi connectivity index (χ3v) is 3.77. The second-order valence-corrected chi connectivity index (χ2v) is 5.21. The van der Waals surface area contributed by atoms with Gasteiger partial charge in [-0.25, -0.2) is 9.18 Å². The average Bonchev–Trinajstić information content (AvgIpc) is 2.47. The maximum absolute atomic E-state index is 12.8. The van der Waals surface area contributed by atoms with Crippen molar-refractivity contribution in [3.8, 4) is 0 Å². The van der Waals surface area contributed by atoms with Crippen molar-refractivity contribution in [3.05, 3.63) is 65.5 Å². The number of ether oxygens (including phenoxy) is 1. The molecule has 0 unspecified atom stereocenters. The summed E-state index contributed by atoms with van der Waals surface area (Å²) in [6, 6.07) is 13.8. The van der Waals surface area contributed by atoms with Crippen LogP contribution in [0.5, 0.6) is 0 Å². The molecule has 0 aliphatic rings. The minimum absolute atomic E-state index is 0.229. The molecule has 0 N–H and O–H groups in total. The summed E-state index contributed by atoms with van der Waals surface area (Å²) in [7, 11) is 0. The molecule has 0 saturated heterocycles. The lowest BCUT2D eigenvalue weighted by molar-refractivity contribution is 0.0526. The molecule has 104 valence electrons. The molecule has 0 aromatic heterocycles. The minimum Gasteiger partial charge on any atom is -0.462 e. The Hall–Kier alpha value is -1.81. The van der Waals surface area contributed by atoms with Crippen LogP contribution in [0.4, 0.5) is 4.39 Å². The summed E-state index contributed by atoms with van der Waals surface area (Å²) in [6.45, 7) is 2.16. The summed E-state index contributed by atoms with van der Waals surface area (Å²) >= 11 is 1.62. The molecule has 2 aromatic rings. The number of esters is 1. The second-order valence-electron chi connectivity index (χ2n) is 4.16. The number of benzene rings is 2. The highest BCUT2D eigenvalue weighted by Gasteiger charge is 2.05. The molecule has 0 atom stereocenters. The van der Waals surface area contributed by atoms with Gasteiger partial charge in [0.15, 0.2) is 0 Å². The number of rotatable bonds is 5. The molecule has 0 aliphatic heterocycles. The van der Waals surface area contributed by atoms with Gasteiger partial charge in [-0.05, 0) is 48.9 Å². The number of hydrogen-bond donors (Lipinski definition) is 0. The topological polar surface area (TPSA) is 26.3 Å². The van der Waals surface area contributed by atoms with Gasteiger partial charge in [0.2, 0.25) is 0 Å². The van der Waals surface area contributed by atoms with Crippen molar-refractivity contribution in [1.29, 1.82) is 0 Å². The van der Waals surface area contributed by atoms with Crippen LogP contribution in [-0.4, -0.2) is 12.6 Å². The van der Waals surface area contributed by atoms with Gasteiger partial charge in [-0.1, -0.05) is 12.1 Å². The molecule has 2 rings (SSSR count). The number of thioether (sulfide) groups is 1. The molecule has 4 heteroatoms. The SMILES string of the molecule is CCOC(=O)c1ccc(CSc2ccc(F)cc2)cc1. The van der Waals surface area contributed by atoms with E-state index in [4.69, 9.17) is 4.74 Å². The maximum atomic E-state index is 12.8. The molecular weight excluding hydrogens is 275 g/mol. The zero-order valence-electron chi connectivity index (χ0n) is 11.1. The molecule has 2 nitrogen and oxygen atoms in total. The van der Waals surface area contributed by atoms with Gasteiger partial charge in [0, 0.05) is 10.6 Å². The van der Waals surface area contributed by atoms with Gasteiger partial charge < -0.3 is 4.74 Å². The predicted octanol–water partition coefficient (Wildman–Crippen LogP) is 4.29. The Morgan fingerprint density at radius 2 is 1.75 bits per heavy atom. The van der Waals surface area contributed by atoms with Crippen LogP contribution in [0.2, 0.25) is 0 Å². The van der Waals surface area contributed by atoms with E-state index < -0.39 is 0 Å². The maximum Gasteiger partial charge on any atom is 0.338 e. The van der Waals surface area contributed by atoms with Crippen molar-refractivity contribution in [2.75, 3.05) is 6.61 Å². The average molecular weight is 290 g/mol. The van der Waals surface area contributed by atoms with Crippen LogP contribution in [0.15, 0.2) is 53.4 Å². The van der Waals surface area contributed by atoms with Crippen molar-refractivity contribution >= 4 is 17.7 Å². The Bertz CT molecular complexity index is 564. The van der Waals surface area contributed by atoms with E-state index in [1.54, 1.807) is 43.0 Å². The highest BCUT2D eigenvalue weighted by Crippen LogP contribution is 2.23. The fourth-order valence-electron chi connectivity index (χ4n) is 1.65. The van der Waals surface area contributed by atoms with Gasteiger partial charge in [0.05, 0.1) is 12.2 Å². The lowest BCUT2D eigenvalue weighted by Crippen LogP contribution is -2.04. The van der Waals surface area contributed by atoms with E-state index >= 15 is 0 Å². The van der Waals surface area contributed by atoms with Crippen molar-refractivity contribution in [1.82, 2.24) is 0 Å². The van der Waals surface area contributed by atoms with Crippen molar-refractivity contribution in [3.63, 3.8) is 0 Å². The highest BCUT2D eigenvalue weighted by molar-refractivity contribution is 7.98. The molecule has 20 heavy (non-hydrogen) atoms. The summed E-state index contributed by atoms with van der Waals surface area (Å²) < 4.78 is 17.7. The monoisotopic (exact) mass is 290 g/mol. The molecule has 0 bridgehead atoms. The van der Waals surface area contributed by atoms with Crippen molar-refractivity contribution in [2.24, 2.45) is 0 Å². The Morgan fingerprint density at radius 3 is 2.35 bits per heavy atom. The lowest BCUT2D eigenvalue weighted by atomic mass is 10.1. The van der Waals surface area contributed by atoms with E-state index in [1.165, 1.54) is 12.1 Å². The van der Waals surface area contributed by atoms with Crippen molar-refractivity contribution < 1.29 is 13.9 Å². The van der Waals surface area contributed by atoms with Crippen LogP contribution in [0.3, 0.4) is 0 Å². The molecule has 2 aromatic carbocycles. The third kappa shape index (κ3) is 4.10. The fourth-order valence-corrected chi connectivity index (χ4v) is 2.50. The first-order chi connectivity index (χ1) is 9.69. The van der Waals surface area contributed by atoms with Gasteiger partial charge >= 0.3 is 5.97 Å². The smallest absolute Gasteiger partial charge is 0.338 e. The molecule has 0 heterocycles. The van der Waals surface area contributed by atoms with E-state index in [0.717, 1.165) is 16.2 Å². The Morgan fingerprint density at radius 1 is 1.10 bits per heavy atom. The van der Waals surface area contributed by atoms with Crippen LogP contribution in [-0.2, 0) is 10.5 Å². The summed E-state index contributed by atoms with van der Waals surface area (Å²) in [4.78, 5) is 12.5.